The van der Waals surface area contributed by atoms with E-state index >= 15 is 0 Å². The summed E-state index contributed by atoms with van der Waals surface area (Å²) in [6.45, 7) is 0. The SMILES string of the molecule is O=C(Nc1ccc2cc1CCc1cccc(c1)Nc1ncc(Cl)c(n1)N2)c1ccc(Cl)nc1. The van der Waals surface area contributed by atoms with E-state index in [0.717, 1.165) is 34.6 Å². The lowest BCUT2D eigenvalue weighted by Crippen LogP contribution is -2.14. The minimum absolute atomic E-state index is 0.256. The molecule has 0 fully saturated rings. The lowest BCUT2D eigenvalue weighted by molar-refractivity contribution is 0.102. The maximum absolute atomic E-state index is 12.8. The van der Waals surface area contributed by atoms with E-state index in [9.17, 15) is 4.79 Å². The van der Waals surface area contributed by atoms with Gasteiger partial charge in [0.1, 0.15) is 10.2 Å². The molecule has 0 saturated heterocycles. The molecule has 0 unspecified atom stereocenters. The van der Waals surface area contributed by atoms with Crippen LogP contribution in [0, 0.1) is 0 Å². The van der Waals surface area contributed by atoms with E-state index in [-0.39, 0.29) is 5.91 Å². The van der Waals surface area contributed by atoms with Gasteiger partial charge in [-0.3, -0.25) is 4.79 Å². The van der Waals surface area contributed by atoms with E-state index in [1.807, 2.05) is 30.3 Å². The van der Waals surface area contributed by atoms with Crippen molar-refractivity contribution in [2.45, 2.75) is 12.8 Å². The van der Waals surface area contributed by atoms with E-state index in [4.69, 9.17) is 23.2 Å². The lowest BCUT2D eigenvalue weighted by atomic mass is 10.0. The highest BCUT2D eigenvalue weighted by atomic mass is 35.5. The van der Waals surface area contributed by atoms with E-state index < -0.39 is 0 Å². The van der Waals surface area contributed by atoms with Crippen LogP contribution in [0.25, 0.3) is 0 Å². The molecule has 0 saturated carbocycles. The number of pyridine rings is 1. The Hall–Kier alpha value is -3.68. The first kappa shape index (κ1) is 21.2. The number of hydrogen-bond donors (Lipinski definition) is 3. The number of carbonyl (C=O) groups excluding carboxylic acids is 1. The highest BCUT2D eigenvalue weighted by Gasteiger charge is 2.14. The number of aryl methyl sites for hydroxylation is 2. The molecule has 7 nitrogen and oxygen atoms in total. The highest BCUT2D eigenvalue weighted by molar-refractivity contribution is 6.33. The Balaban J connectivity index is 1.51. The van der Waals surface area contributed by atoms with E-state index in [1.165, 1.54) is 6.20 Å². The molecule has 2 aromatic carbocycles. The second kappa shape index (κ2) is 9.05. The fourth-order valence-corrected chi connectivity index (χ4v) is 3.82. The first-order chi connectivity index (χ1) is 16.0. The molecule has 0 aliphatic carbocycles. The third kappa shape index (κ3) is 4.89. The first-order valence-corrected chi connectivity index (χ1v) is 11.0. The van der Waals surface area contributed by atoms with Crippen LogP contribution in [0.15, 0.2) is 67.0 Å². The molecule has 4 aromatic rings. The summed E-state index contributed by atoms with van der Waals surface area (Å²) < 4.78 is 0. The Morgan fingerprint density at radius 3 is 2.64 bits per heavy atom. The summed E-state index contributed by atoms with van der Waals surface area (Å²) in [5.41, 5.74) is 4.95. The zero-order valence-electron chi connectivity index (χ0n) is 17.3. The Kier molecular flexibility index (Phi) is 5.81. The van der Waals surface area contributed by atoms with Gasteiger partial charge in [0.25, 0.3) is 5.91 Å². The minimum Gasteiger partial charge on any atom is -0.339 e. The number of fused-ring (bicyclic) bond motifs is 6. The average molecular weight is 477 g/mol. The zero-order chi connectivity index (χ0) is 22.8. The summed E-state index contributed by atoms with van der Waals surface area (Å²) in [6.07, 6.45) is 4.50. The van der Waals surface area contributed by atoms with Crippen LogP contribution in [-0.2, 0) is 12.8 Å². The Labute approximate surface area is 200 Å². The minimum atomic E-state index is -0.256. The van der Waals surface area contributed by atoms with E-state index in [0.29, 0.717) is 33.9 Å². The van der Waals surface area contributed by atoms with E-state index in [2.05, 4.69) is 43.0 Å². The molecule has 0 radical (unpaired) electrons. The van der Waals surface area contributed by atoms with Crippen molar-refractivity contribution < 1.29 is 4.79 Å². The molecule has 1 aliphatic rings. The van der Waals surface area contributed by atoms with Crippen LogP contribution in [0.3, 0.4) is 0 Å². The van der Waals surface area contributed by atoms with Crippen molar-refractivity contribution in [3.8, 4) is 0 Å². The van der Waals surface area contributed by atoms with Gasteiger partial charge in [0.05, 0.1) is 11.8 Å². The van der Waals surface area contributed by atoms with Gasteiger partial charge < -0.3 is 16.0 Å². The quantitative estimate of drug-likeness (QED) is 0.306. The van der Waals surface area contributed by atoms with Crippen molar-refractivity contribution in [1.82, 2.24) is 15.0 Å². The number of nitrogens with zero attached hydrogens (tertiary/aromatic N) is 3. The molecule has 2 aromatic heterocycles. The van der Waals surface area contributed by atoms with Crippen LogP contribution < -0.4 is 16.0 Å². The Morgan fingerprint density at radius 2 is 1.79 bits per heavy atom. The number of hydrogen-bond acceptors (Lipinski definition) is 6. The van der Waals surface area contributed by atoms with Gasteiger partial charge in [-0.05, 0) is 66.4 Å². The number of aromatic nitrogens is 3. The number of amides is 1. The van der Waals surface area contributed by atoms with E-state index in [1.54, 1.807) is 18.3 Å². The molecule has 5 rings (SSSR count). The molecule has 164 valence electrons. The van der Waals surface area contributed by atoms with Gasteiger partial charge in [-0.25, -0.2) is 9.97 Å². The molecule has 0 spiro atoms. The van der Waals surface area contributed by atoms with Crippen molar-refractivity contribution in [3.05, 3.63) is 93.9 Å². The van der Waals surface area contributed by atoms with Crippen LogP contribution in [0.5, 0.6) is 0 Å². The van der Waals surface area contributed by atoms with Crippen molar-refractivity contribution in [2.24, 2.45) is 0 Å². The van der Waals surface area contributed by atoms with Crippen LogP contribution in [0.4, 0.5) is 28.8 Å². The summed E-state index contributed by atoms with van der Waals surface area (Å²) in [5.74, 6) is 0.673. The highest BCUT2D eigenvalue weighted by Crippen LogP contribution is 2.29. The largest absolute Gasteiger partial charge is 0.339 e. The third-order valence-electron chi connectivity index (χ3n) is 5.22. The molecule has 33 heavy (non-hydrogen) atoms. The Bertz CT molecular complexity index is 1340. The van der Waals surface area contributed by atoms with Crippen molar-refractivity contribution in [2.75, 3.05) is 16.0 Å². The first-order valence-electron chi connectivity index (χ1n) is 10.2. The van der Waals surface area contributed by atoms with Crippen molar-refractivity contribution in [1.29, 1.82) is 0 Å². The van der Waals surface area contributed by atoms with Gasteiger partial charge in [0.2, 0.25) is 5.95 Å². The van der Waals surface area contributed by atoms with Gasteiger partial charge in [0.15, 0.2) is 5.82 Å². The van der Waals surface area contributed by atoms with Gasteiger partial charge in [-0.1, -0.05) is 35.3 Å². The fourth-order valence-electron chi connectivity index (χ4n) is 3.57. The second-order valence-electron chi connectivity index (χ2n) is 7.54. The number of nitrogens with one attached hydrogen (secondary N) is 3. The van der Waals surface area contributed by atoms with Crippen molar-refractivity contribution in [3.63, 3.8) is 0 Å². The second-order valence-corrected chi connectivity index (χ2v) is 8.33. The van der Waals surface area contributed by atoms with Gasteiger partial charge >= 0.3 is 0 Å². The lowest BCUT2D eigenvalue weighted by Gasteiger charge is -2.14. The van der Waals surface area contributed by atoms with Gasteiger partial charge in [-0.2, -0.15) is 4.98 Å². The molecule has 1 aliphatic heterocycles. The summed E-state index contributed by atoms with van der Waals surface area (Å²) >= 11 is 12.2. The standard InChI is InChI=1S/C24H18Cl2N6O/c25-19-13-28-24-30-17-3-1-2-14(10-17)4-5-15-11-18(29-22(19)32-24)7-8-20(15)31-23(33)16-6-9-21(26)27-12-16/h1-3,6-13H,4-5H2,(H,31,33)(H2,28,29,30,32). The van der Waals surface area contributed by atoms with Gasteiger partial charge in [-0.15, -0.1) is 0 Å². The Morgan fingerprint density at radius 1 is 0.909 bits per heavy atom. The van der Waals surface area contributed by atoms with Crippen LogP contribution in [-0.4, -0.2) is 20.9 Å². The number of anilines is 5. The summed E-state index contributed by atoms with van der Waals surface area (Å²) in [7, 11) is 0. The average Bonchev–Trinajstić information content (AvgIpc) is 2.82. The molecule has 3 heterocycles. The molecule has 6 bridgehead atoms. The van der Waals surface area contributed by atoms with Gasteiger partial charge in [0, 0.05) is 23.3 Å². The summed E-state index contributed by atoms with van der Waals surface area (Å²) in [4.78, 5) is 25.5. The predicted molar refractivity (Wildman–Crippen MR) is 131 cm³/mol. The predicted octanol–water partition coefficient (Wildman–Crippen LogP) is 6.02. The number of halogens is 2. The molecule has 3 N–H and O–H groups in total. The van der Waals surface area contributed by atoms with Crippen molar-refractivity contribution >= 4 is 57.9 Å². The monoisotopic (exact) mass is 476 g/mol. The number of rotatable bonds is 2. The topological polar surface area (TPSA) is 91.8 Å². The smallest absolute Gasteiger partial charge is 0.257 e. The molecular formula is C24H18Cl2N6O. The maximum Gasteiger partial charge on any atom is 0.257 e. The number of carbonyl (C=O) groups is 1. The summed E-state index contributed by atoms with van der Waals surface area (Å²) in [6, 6.07) is 17.0. The maximum atomic E-state index is 12.8. The molecule has 1 amide bonds. The van der Waals surface area contributed by atoms with Crippen LogP contribution in [0.1, 0.15) is 21.5 Å². The molecule has 0 atom stereocenters. The molecular weight excluding hydrogens is 459 g/mol. The zero-order valence-corrected chi connectivity index (χ0v) is 18.8. The van der Waals surface area contributed by atoms with Crippen LogP contribution in [0.2, 0.25) is 10.2 Å². The third-order valence-corrected chi connectivity index (χ3v) is 5.72. The fraction of sp³-hybridized carbons (Fsp3) is 0.0833. The number of benzene rings is 2. The summed E-state index contributed by atoms with van der Waals surface area (Å²) in [5, 5.41) is 10.2. The molecule has 9 heteroatoms. The normalized spacial score (nSPS) is 12.3. The van der Waals surface area contributed by atoms with Crippen LogP contribution >= 0.6 is 23.2 Å².